The maximum Gasteiger partial charge on any atom is 0.263 e. The third-order valence-electron chi connectivity index (χ3n) is 2.53. The zero-order valence-electron chi connectivity index (χ0n) is 11.2. The van der Waals surface area contributed by atoms with Gasteiger partial charge in [-0.15, -0.1) is 0 Å². The minimum atomic E-state index is -2.37. The Bertz CT molecular complexity index is 279. The molecule has 0 fully saturated rings. The molecule has 1 aromatic carbocycles. The second kappa shape index (κ2) is 9.11. The summed E-state index contributed by atoms with van der Waals surface area (Å²) in [5.41, 5.74) is 1.18. The van der Waals surface area contributed by atoms with Crippen LogP contribution in [0.25, 0.3) is 0 Å². The van der Waals surface area contributed by atoms with Crippen molar-refractivity contribution < 1.29 is 8.78 Å². The molecular weight excluding hydrogens is 220 g/mol. The minimum Gasteiger partial charge on any atom is -0.300 e. The molecular formula is C14H23F2N. The lowest BCUT2D eigenvalue weighted by Gasteiger charge is -2.17. The molecule has 3 heteroatoms. The van der Waals surface area contributed by atoms with Crippen LogP contribution in [0.15, 0.2) is 24.3 Å². The first-order chi connectivity index (χ1) is 8.17. The third-order valence-corrected chi connectivity index (χ3v) is 2.53. The van der Waals surface area contributed by atoms with Crippen molar-refractivity contribution in [2.45, 2.75) is 40.7 Å². The normalized spacial score (nSPS) is 10.4. The van der Waals surface area contributed by atoms with Gasteiger partial charge >= 0.3 is 0 Å². The number of hydrogen-bond donors (Lipinski definition) is 0. The van der Waals surface area contributed by atoms with Crippen molar-refractivity contribution in [3.8, 4) is 0 Å². The van der Waals surface area contributed by atoms with Crippen molar-refractivity contribution in [2.24, 2.45) is 0 Å². The van der Waals surface area contributed by atoms with Gasteiger partial charge in [0.15, 0.2) is 0 Å². The molecule has 1 aromatic rings. The molecule has 0 saturated carbocycles. The van der Waals surface area contributed by atoms with Gasteiger partial charge in [-0.05, 0) is 18.7 Å². The Hall–Kier alpha value is -0.960. The van der Waals surface area contributed by atoms with Gasteiger partial charge in [-0.25, -0.2) is 8.78 Å². The Morgan fingerprint density at radius 3 is 1.82 bits per heavy atom. The van der Waals surface area contributed by atoms with E-state index in [1.165, 1.54) is 12.1 Å². The number of rotatable bonds is 5. The van der Waals surface area contributed by atoms with E-state index in [2.05, 4.69) is 18.7 Å². The largest absolute Gasteiger partial charge is 0.300 e. The zero-order chi connectivity index (χ0) is 13.3. The van der Waals surface area contributed by atoms with E-state index in [1.54, 1.807) is 12.1 Å². The second-order valence-corrected chi connectivity index (χ2v) is 3.50. The van der Waals surface area contributed by atoms with Crippen molar-refractivity contribution in [3.63, 3.8) is 0 Å². The summed E-state index contributed by atoms with van der Waals surface area (Å²) in [6.45, 7) is 11.0. The van der Waals surface area contributed by atoms with Gasteiger partial charge in [-0.2, -0.15) is 0 Å². The molecule has 98 valence electrons. The summed E-state index contributed by atoms with van der Waals surface area (Å²) in [6.07, 6.45) is -2.37. The first kappa shape index (κ1) is 16.0. The molecule has 0 N–H and O–H groups in total. The quantitative estimate of drug-likeness (QED) is 0.736. The van der Waals surface area contributed by atoms with E-state index in [0.29, 0.717) is 0 Å². The Morgan fingerprint density at radius 2 is 1.47 bits per heavy atom. The van der Waals surface area contributed by atoms with Crippen LogP contribution in [0.1, 0.15) is 45.2 Å². The molecule has 17 heavy (non-hydrogen) atoms. The van der Waals surface area contributed by atoms with Crippen LogP contribution in [0.5, 0.6) is 0 Å². The monoisotopic (exact) mass is 243 g/mol. The number of alkyl halides is 2. The van der Waals surface area contributed by atoms with E-state index >= 15 is 0 Å². The average molecular weight is 243 g/mol. The molecule has 0 aliphatic rings. The number of hydrogen-bond acceptors (Lipinski definition) is 1. The van der Waals surface area contributed by atoms with E-state index in [1.807, 2.05) is 13.8 Å². The lowest BCUT2D eigenvalue weighted by molar-refractivity contribution is 0.151. The average Bonchev–Trinajstić information content (AvgIpc) is 2.38. The van der Waals surface area contributed by atoms with Crippen LogP contribution in [-0.4, -0.2) is 18.0 Å². The molecule has 0 amide bonds. The SMILES string of the molecule is CC.CCN(CC)Cc1ccc(C(F)F)cc1. The Kier molecular flexibility index (Phi) is 8.60. The predicted molar refractivity (Wildman–Crippen MR) is 69.4 cm³/mol. The van der Waals surface area contributed by atoms with Crippen LogP contribution in [0.2, 0.25) is 0 Å². The predicted octanol–water partition coefficient (Wildman–Crippen LogP) is 4.49. The fourth-order valence-electron chi connectivity index (χ4n) is 1.47. The van der Waals surface area contributed by atoms with Gasteiger partial charge in [0.1, 0.15) is 0 Å². The summed E-state index contributed by atoms with van der Waals surface area (Å²) in [5.74, 6) is 0. The van der Waals surface area contributed by atoms with E-state index in [-0.39, 0.29) is 5.56 Å². The first-order valence-electron chi connectivity index (χ1n) is 6.26. The van der Waals surface area contributed by atoms with Crippen LogP contribution in [0.3, 0.4) is 0 Å². The molecule has 0 heterocycles. The van der Waals surface area contributed by atoms with Crippen molar-refractivity contribution in [3.05, 3.63) is 35.4 Å². The molecule has 0 atom stereocenters. The smallest absolute Gasteiger partial charge is 0.263 e. The molecule has 1 nitrogen and oxygen atoms in total. The standard InChI is InChI=1S/C12H17F2N.C2H6/c1-3-15(4-2)9-10-5-7-11(8-6-10)12(13)14;1-2/h5-8,12H,3-4,9H2,1-2H3;1-2H3. The van der Waals surface area contributed by atoms with E-state index in [9.17, 15) is 8.78 Å². The van der Waals surface area contributed by atoms with Crippen LogP contribution >= 0.6 is 0 Å². The van der Waals surface area contributed by atoms with Gasteiger partial charge in [0.2, 0.25) is 0 Å². The van der Waals surface area contributed by atoms with Gasteiger partial charge in [0.25, 0.3) is 6.43 Å². The van der Waals surface area contributed by atoms with Gasteiger partial charge in [-0.3, -0.25) is 4.90 Å². The van der Waals surface area contributed by atoms with E-state index < -0.39 is 6.43 Å². The topological polar surface area (TPSA) is 3.24 Å². The van der Waals surface area contributed by atoms with Crippen LogP contribution in [-0.2, 0) is 6.54 Å². The zero-order valence-corrected chi connectivity index (χ0v) is 11.2. The van der Waals surface area contributed by atoms with Crippen LogP contribution < -0.4 is 0 Å². The number of halogens is 2. The summed E-state index contributed by atoms with van der Waals surface area (Å²) < 4.78 is 24.6. The van der Waals surface area contributed by atoms with Crippen molar-refractivity contribution in [1.82, 2.24) is 4.90 Å². The van der Waals surface area contributed by atoms with Crippen LogP contribution in [0.4, 0.5) is 8.78 Å². The van der Waals surface area contributed by atoms with E-state index in [4.69, 9.17) is 0 Å². The van der Waals surface area contributed by atoms with Crippen molar-refractivity contribution in [2.75, 3.05) is 13.1 Å². The molecule has 0 saturated heterocycles. The summed E-state index contributed by atoms with van der Waals surface area (Å²) in [4.78, 5) is 2.25. The Balaban J connectivity index is 0.00000121. The summed E-state index contributed by atoms with van der Waals surface area (Å²) >= 11 is 0. The Labute approximate surface area is 103 Å². The molecule has 0 radical (unpaired) electrons. The highest BCUT2D eigenvalue weighted by molar-refractivity contribution is 5.23. The van der Waals surface area contributed by atoms with Gasteiger partial charge < -0.3 is 0 Å². The lowest BCUT2D eigenvalue weighted by atomic mass is 10.1. The molecule has 0 spiro atoms. The van der Waals surface area contributed by atoms with Crippen molar-refractivity contribution >= 4 is 0 Å². The maximum absolute atomic E-state index is 12.3. The molecule has 1 rings (SSSR count). The highest BCUT2D eigenvalue weighted by Gasteiger charge is 2.06. The van der Waals surface area contributed by atoms with Crippen molar-refractivity contribution in [1.29, 1.82) is 0 Å². The number of benzene rings is 1. The highest BCUT2D eigenvalue weighted by Crippen LogP contribution is 2.19. The molecule has 0 aliphatic carbocycles. The second-order valence-electron chi connectivity index (χ2n) is 3.50. The lowest BCUT2D eigenvalue weighted by Crippen LogP contribution is -2.21. The maximum atomic E-state index is 12.3. The Morgan fingerprint density at radius 1 is 1.00 bits per heavy atom. The fraction of sp³-hybridized carbons (Fsp3) is 0.571. The summed E-state index contributed by atoms with van der Waals surface area (Å²) in [5, 5.41) is 0. The third kappa shape index (κ3) is 5.78. The van der Waals surface area contributed by atoms with Gasteiger partial charge in [-0.1, -0.05) is 52.0 Å². The molecule has 0 unspecified atom stereocenters. The minimum absolute atomic E-state index is 0.0956. The van der Waals surface area contributed by atoms with Gasteiger partial charge in [0, 0.05) is 12.1 Å². The summed E-state index contributed by atoms with van der Waals surface area (Å²) in [7, 11) is 0. The fourth-order valence-corrected chi connectivity index (χ4v) is 1.47. The molecule has 0 bridgehead atoms. The molecule has 0 aliphatic heterocycles. The van der Waals surface area contributed by atoms with E-state index in [0.717, 1.165) is 25.2 Å². The first-order valence-corrected chi connectivity index (χ1v) is 6.26. The molecule has 0 aromatic heterocycles. The van der Waals surface area contributed by atoms with Gasteiger partial charge in [0.05, 0.1) is 0 Å². The summed E-state index contributed by atoms with van der Waals surface area (Å²) in [6, 6.07) is 6.56. The van der Waals surface area contributed by atoms with Crippen LogP contribution in [0, 0.1) is 0 Å². The highest BCUT2D eigenvalue weighted by atomic mass is 19.3. The number of nitrogens with zero attached hydrogens (tertiary/aromatic N) is 1.